The quantitative estimate of drug-likeness (QED) is 0.110. The van der Waals surface area contributed by atoms with Crippen LogP contribution in [-0.4, -0.2) is 70.0 Å². The summed E-state index contributed by atoms with van der Waals surface area (Å²) in [7, 11) is 1.53. The number of ether oxygens (including phenoxy) is 2. The summed E-state index contributed by atoms with van der Waals surface area (Å²) in [6, 6.07) is 1.99. The summed E-state index contributed by atoms with van der Waals surface area (Å²) < 4.78 is 11.4. The third-order valence-electron chi connectivity index (χ3n) is 8.80. The number of aliphatic hydroxyl groups excluding tert-OH is 2. The fourth-order valence-corrected chi connectivity index (χ4v) is 5.87. The molecule has 10 heteroatoms. The Labute approximate surface area is 272 Å². The van der Waals surface area contributed by atoms with Gasteiger partial charge in [-0.05, 0) is 56.7 Å². The summed E-state index contributed by atoms with van der Waals surface area (Å²) in [4.78, 5) is 25.9. The third kappa shape index (κ3) is 11.3. The molecule has 46 heavy (non-hydrogen) atoms. The van der Waals surface area contributed by atoms with Gasteiger partial charge in [0, 0.05) is 37.9 Å². The summed E-state index contributed by atoms with van der Waals surface area (Å²) in [6.45, 7) is 5.24. The van der Waals surface area contributed by atoms with E-state index in [2.05, 4.69) is 10.6 Å². The molecule has 1 amide bonds. The van der Waals surface area contributed by atoms with Crippen molar-refractivity contribution in [1.82, 2.24) is 5.32 Å². The van der Waals surface area contributed by atoms with Gasteiger partial charge in [-0.1, -0.05) is 68.7 Å². The SMILES string of the molecule is COC1/C=C/C=C/C=C/CC(OC(=O)C(C)NC(=O)C2CCCCC2)C(C)C(O)/C(C)=C\CCc2cc(O)cc(c2O)NC(O)C1. The number of esters is 1. The van der Waals surface area contributed by atoms with Gasteiger partial charge in [0.25, 0.3) is 0 Å². The number of benzene rings is 1. The normalized spacial score (nSPS) is 29.4. The largest absolute Gasteiger partial charge is 0.508 e. The molecule has 6 N–H and O–H groups in total. The molecule has 6 unspecified atom stereocenters. The lowest BCUT2D eigenvalue weighted by Gasteiger charge is -2.29. The molecule has 0 radical (unpaired) electrons. The summed E-state index contributed by atoms with van der Waals surface area (Å²) >= 11 is 0. The van der Waals surface area contributed by atoms with Crippen molar-refractivity contribution in [1.29, 1.82) is 0 Å². The first-order chi connectivity index (χ1) is 22.0. The first-order valence-electron chi connectivity index (χ1n) is 16.4. The Bertz CT molecular complexity index is 1270. The Morgan fingerprint density at radius 1 is 1.04 bits per heavy atom. The number of phenols is 2. The number of rotatable bonds is 5. The molecule has 0 spiro atoms. The van der Waals surface area contributed by atoms with Crippen molar-refractivity contribution >= 4 is 17.6 Å². The van der Waals surface area contributed by atoms with E-state index in [-0.39, 0.29) is 35.4 Å². The number of aromatic hydroxyl groups is 2. The second-order valence-corrected chi connectivity index (χ2v) is 12.4. The lowest BCUT2D eigenvalue weighted by molar-refractivity contribution is -0.156. The number of phenolic OH excluding ortho intramolecular Hbond substituents is 2. The lowest BCUT2D eigenvalue weighted by atomic mass is 9.88. The van der Waals surface area contributed by atoms with Crippen LogP contribution in [0, 0.1) is 11.8 Å². The number of hydrogen-bond acceptors (Lipinski definition) is 9. The minimum Gasteiger partial charge on any atom is -0.508 e. The van der Waals surface area contributed by atoms with Gasteiger partial charge in [0.05, 0.1) is 17.9 Å². The highest BCUT2D eigenvalue weighted by Crippen LogP contribution is 2.34. The van der Waals surface area contributed by atoms with Crippen LogP contribution in [0.3, 0.4) is 0 Å². The predicted molar refractivity (Wildman–Crippen MR) is 178 cm³/mol. The highest BCUT2D eigenvalue weighted by molar-refractivity contribution is 5.85. The zero-order valence-electron chi connectivity index (χ0n) is 27.5. The van der Waals surface area contributed by atoms with Crippen LogP contribution in [0.15, 0.2) is 60.2 Å². The van der Waals surface area contributed by atoms with Gasteiger partial charge in [0.2, 0.25) is 5.91 Å². The van der Waals surface area contributed by atoms with E-state index in [1.165, 1.54) is 19.2 Å². The lowest BCUT2D eigenvalue weighted by Crippen LogP contribution is -2.45. The van der Waals surface area contributed by atoms with Crippen molar-refractivity contribution in [3.63, 3.8) is 0 Å². The number of methoxy groups -OCH3 is 1. The zero-order chi connectivity index (χ0) is 33.6. The summed E-state index contributed by atoms with van der Waals surface area (Å²) in [6.07, 6.45) is 15.8. The smallest absolute Gasteiger partial charge is 0.328 e. The Kier molecular flexibility index (Phi) is 14.8. The van der Waals surface area contributed by atoms with Crippen LogP contribution >= 0.6 is 0 Å². The fourth-order valence-electron chi connectivity index (χ4n) is 5.87. The van der Waals surface area contributed by atoms with Gasteiger partial charge in [-0.2, -0.15) is 0 Å². The van der Waals surface area contributed by atoms with Gasteiger partial charge < -0.3 is 40.5 Å². The molecule has 1 aliphatic carbocycles. The number of aliphatic hydroxyl groups is 2. The molecule has 2 bridgehead atoms. The van der Waals surface area contributed by atoms with E-state index in [1.54, 1.807) is 32.1 Å². The standard InChI is InChI=1S/C36H52N2O8/c1-23-14-13-17-27-20-28(39)21-30(34(27)42)38-32(40)22-29(45-4)18-11-6-5-7-12-19-31(24(2)33(23)41)46-36(44)25(3)37-35(43)26-15-9-8-10-16-26/h5-7,11-12,14,18,20-21,24-26,29,31-33,38-42H,8-10,13,15-17,19,22H2,1-4H3,(H,37,43)/b6-5+,12-7+,18-11+,23-14-. The second-order valence-electron chi connectivity index (χ2n) is 12.4. The van der Waals surface area contributed by atoms with Crippen molar-refractivity contribution in [2.24, 2.45) is 11.8 Å². The van der Waals surface area contributed by atoms with Gasteiger partial charge >= 0.3 is 5.97 Å². The molecule has 1 saturated carbocycles. The molecule has 3 rings (SSSR count). The summed E-state index contributed by atoms with van der Waals surface area (Å²) in [5.41, 5.74) is 1.34. The van der Waals surface area contributed by atoms with Gasteiger partial charge in [-0.3, -0.25) is 4.79 Å². The number of allylic oxidation sites excluding steroid dienone is 5. The van der Waals surface area contributed by atoms with Gasteiger partial charge in [-0.25, -0.2) is 4.79 Å². The minimum atomic E-state index is -1.06. The maximum Gasteiger partial charge on any atom is 0.328 e. The van der Waals surface area contributed by atoms with Crippen molar-refractivity contribution in [2.45, 2.75) is 109 Å². The highest BCUT2D eigenvalue weighted by Gasteiger charge is 2.31. The first-order valence-corrected chi connectivity index (χ1v) is 16.4. The summed E-state index contributed by atoms with van der Waals surface area (Å²) in [5, 5.41) is 48.7. The van der Waals surface area contributed by atoms with Crippen LogP contribution in [0.4, 0.5) is 5.69 Å². The minimum absolute atomic E-state index is 0.0649. The van der Waals surface area contributed by atoms with E-state index in [9.17, 15) is 30.0 Å². The van der Waals surface area contributed by atoms with Gasteiger partial charge in [0.1, 0.15) is 29.9 Å². The highest BCUT2D eigenvalue weighted by atomic mass is 16.5. The van der Waals surface area contributed by atoms with Crippen LogP contribution in [0.5, 0.6) is 11.5 Å². The average Bonchev–Trinajstić information content (AvgIpc) is 3.04. The van der Waals surface area contributed by atoms with Gasteiger partial charge in [-0.15, -0.1) is 0 Å². The molecule has 1 aliphatic heterocycles. The maximum absolute atomic E-state index is 13.1. The Hall–Kier alpha value is -3.60. The molecule has 10 nitrogen and oxygen atoms in total. The van der Waals surface area contributed by atoms with Crippen molar-refractivity contribution in [3.8, 4) is 11.5 Å². The molecular weight excluding hydrogens is 588 g/mol. The number of anilines is 1. The fraction of sp³-hybridized carbons (Fsp3) is 0.556. The monoisotopic (exact) mass is 640 g/mol. The first kappa shape index (κ1) is 36.9. The van der Waals surface area contributed by atoms with Crippen LogP contribution < -0.4 is 10.6 Å². The molecule has 0 saturated heterocycles. The van der Waals surface area contributed by atoms with E-state index in [1.807, 2.05) is 31.2 Å². The molecule has 254 valence electrons. The zero-order valence-corrected chi connectivity index (χ0v) is 27.5. The molecular formula is C36H52N2O8. The maximum atomic E-state index is 13.1. The molecule has 1 heterocycles. The van der Waals surface area contributed by atoms with E-state index < -0.39 is 42.5 Å². The average molecular weight is 641 g/mol. The number of hydrogen-bond donors (Lipinski definition) is 6. The van der Waals surface area contributed by atoms with Crippen LogP contribution in [0.2, 0.25) is 0 Å². The number of fused-ring (bicyclic) bond motifs is 2. The van der Waals surface area contributed by atoms with E-state index in [0.29, 0.717) is 30.4 Å². The van der Waals surface area contributed by atoms with Crippen molar-refractivity contribution in [3.05, 3.63) is 65.8 Å². The Morgan fingerprint density at radius 2 is 1.76 bits per heavy atom. The number of aryl methyl sites for hydroxylation is 1. The number of nitrogens with one attached hydrogen (secondary N) is 2. The van der Waals surface area contributed by atoms with Crippen LogP contribution in [0.25, 0.3) is 0 Å². The third-order valence-corrected chi connectivity index (χ3v) is 8.80. The molecule has 1 fully saturated rings. The Morgan fingerprint density at radius 3 is 2.48 bits per heavy atom. The second kappa shape index (κ2) is 18.5. The molecule has 0 aromatic heterocycles. The predicted octanol–water partition coefficient (Wildman–Crippen LogP) is 5.18. The van der Waals surface area contributed by atoms with Crippen LogP contribution in [-0.2, 0) is 25.5 Å². The topological polar surface area (TPSA) is 158 Å². The van der Waals surface area contributed by atoms with E-state index in [4.69, 9.17) is 9.47 Å². The number of amides is 1. The number of carbonyl (C=O) groups excluding carboxylic acids is 2. The van der Waals surface area contributed by atoms with Crippen LogP contribution in [0.1, 0.15) is 77.7 Å². The molecule has 6 atom stereocenters. The van der Waals surface area contributed by atoms with Crippen molar-refractivity contribution < 1.29 is 39.5 Å². The van der Waals surface area contributed by atoms with Gasteiger partial charge in [0.15, 0.2) is 0 Å². The van der Waals surface area contributed by atoms with E-state index >= 15 is 0 Å². The molecule has 2 aliphatic rings. The molecule has 1 aromatic carbocycles. The van der Waals surface area contributed by atoms with Crippen molar-refractivity contribution in [2.75, 3.05) is 12.4 Å². The Balaban J connectivity index is 1.81. The number of carbonyl (C=O) groups is 2. The summed E-state index contributed by atoms with van der Waals surface area (Å²) in [5.74, 6) is -1.37. The molecule has 1 aromatic rings. The van der Waals surface area contributed by atoms with E-state index in [0.717, 1.165) is 32.1 Å².